The van der Waals surface area contributed by atoms with Crippen LogP contribution in [-0.4, -0.2) is 15.1 Å². The molecular weight excluding hydrogens is 236 g/mol. The van der Waals surface area contributed by atoms with Gasteiger partial charge >= 0.3 is 0 Å². The lowest BCUT2D eigenvalue weighted by molar-refractivity contribution is 0.159. The van der Waals surface area contributed by atoms with Gasteiger partial charge in [0.25, 0.3) is 0 Å². The summed E-state index contributed by atoms with van der Waals surface area (Å²) in [5.41, 5.74) is 4.91. The number of hydrogen-bond donors (Lipinski definition) is 2. The molecule has 2 N–H and O–H groups in total. The molecule has 0 saturated carbocycles. The SMILES string of the molecule is Cc1ccc(CCCCC(O)c2cnc[nH]2)c(C)c1. The minimum atomic E-state index is -0.415. The molecule has 19 heavy (non-hydrogen) atoms. The van der Waals surface area contributed by atoms with Gasteiger partial charge in [0.05, 0.1) is 24.3 Å². The normalized spacial score (nSPS) is 12.6. The van der Waals surface area contributed by atoms with Gasteiger partial charge in [0.1, 0.15) is 0 Å². The molecule has 0 aliphatic heterocycles. The van der Waals surface area contributed by atoms with Crippen molar-refractivity contribution in [1.29, 1.82) is 0 Å². The Balaban J connectivity index is 1.75. The maximum Gasteiger partial charge on any atom is 0.0953 e. The van der Waals surface area contributed by atoms with Crippen molar-refractivity contribution in [3.8, 4) is 0 Å². The number of aryl methyl sites for hydroxylation is 3. The molecule has 1 aromatic carbocycles. The molecule has 0 aliphatic rings. The Bertz CT molecular complexity index is 505. The van der Waals surface area contributed by atoms with E-state index in [1.54, 1.807) is 12.5 Å². The van der Waals surface area contributed by atoms with Crippen LogP contribution in [0.5, 0.6) is 0 Å². The van der Waals surface area contributed by atoms with Crippen molar-refractivity contribution in [3.05, 3.63) is 53.1 Å². The van der Waals surface area contributed by atoms with Crippen LogP contribution < -0.4 is 0 Å². The van der Waals surface area contributed by atoms with E-state index in [0.29, 0.717) is 0 Å². The maximum absolute atomic E-state index is 9.93. The van der Waals surface area contributed by atoms with Crippen LogP contribution in [0.15, 0.2) is 30.7 Å². The predicted octanol–water partition coefficient (Wildman–Crippen LogP) is 3.47. The Morgan fingerprint density at radius 2 is 2.11 bits per heavy atom. The van der Waals surface area contributed by atoms with Gasteiger partial charge in [0.15, 0.2) is 0 Å². The average molecular weight is 258 g/mol. The third-order valence-electron chi connectivity index (χ3n) is 3.55. The van der Waals surface area contributed by atoms with E-state index >= 15 is 0 Å². The van der Waals surface area contributed by atoms with Crippen molar-refractivity contribution < 1.29 is 5.11 Å². The molecule has 0 amide bonds. The number of benzene rings is 1. The summed E-state index contributed by atoms with van der Waals surface area (Å²) in [5, 5.41) is 9.93. The largest absolute Gasteiger partial charge is 0.387 e. The van der Waals surface area contributed by atoms with Crippen LogP contribution in [0.3, 0.4) is 0 Å². The highest BCUT2D eigenvalue weighted by Gasteiger charge is 2.08. The smallest absolute Gasteiger partial charge is 0.0953 e. The number of imidazole rings is 1. The average Bonchev–Trinajstić information content (AvgIpc) is 2.90. The number of aromatic amines is 1. The summed E-state index contributed by atoms with van der Waals surface area (Å²) in [5.74, 6) is 0. The second kappa shape index (κ2) is 6.53. The molecule has 0 spiro atoms. The van der Waals surface area contributed by atoms with Gasteiger partial charge in [0.2, 0.25) is 0 Å². The summed E-state index contributed by atoms with van der Waals surface area (Å²) in [7, 11) is 0. The molecule has 0 radical (unpaired) electrons. The zero-order chi connectivity index (χ0) is 13.7. The van der Waals surface area contributed by atoms with Crippen molar-refractivity contribution >= 4 is 0 Å². The number of aliphatic hydroxyl groups is 1. The van der Waals surface area contributed by atoms with Crippen molar-refractivity contribution in [2.75, 3.05) is 0 Å². The van der Waals surface area contributed by atoms with Gasteiger partial charge in [0, 0.05) is 0 Å². The van der Waals surface area contributed by atoms with Gasteiger partial charge in [-0.1, -0.05) is 30.2 Å². The number of H-pyrrole nitrogens is 1. The highest BCUT2D eigenvalue weighted by Crippen LogP contribution is 2.18. The Labute approximate surface area is 114 Å². The van der Waals surface area contributed by atoms with E-state index in [0.717, 1.165) is 31.4 Å². The molecule has 2 rings (SSSR count). The minimum Gasteiger partial charge on any atom is -0.387 e. The van der Waals surface area contributed by atoms with Gasteiger partial charge in [-0.15, -0.1) is 0 Å². The molecule has 1 heterocycles. The van der Waals surface area contributed by atoms with E-state index in [-0.39, 0.29) is 0 Å². The summed E-state index contributed by atoms with van der Waals surface area (Å²) >= 11 is 0. The van der Waals surface area contributed by atoms with E-state index in [4.69, 9.17) is 0 Å². The molecule has 1 atom stereocenters. The Morgan fingerprint density at radius 3 is 2.79 bits per heavy atom. The molecule has 3 nitrogen and oxygen atoms in total. The number of hydrogen-bond acceptors (Lipinski definition) is 2. The number of aromatic nitrogens is 2. The third-order valence-corrected chi connectivity index (χ3v) is 3.55. The van der Waals surface area contributed by atoms with E-state index in [1.165, 1.54) is 16.7 Å². The van der Waals surface area contributed by atoms with Crippen LogP contribution in [0.1, 0.15) is 47.8 Å². The minimum absolute atomic E-state index is 0.415. The van der Waals surface area contributed by atoms with Gasteiger partial charge < -0.3 is 10.1 Å². The fourth-order valence-electron chi connectivity index (χ4n) is 2.38. The van der Waals surface area contributed by atoms with Gasteiger partial charge in [-0.05, 0) is 44.2 Å². The first kappa shape index (κ1) is 13.8. The highest BCUT2D eigenvalue weighted by molar-refractivity contribution is 5.30. The van der Waals surface area contributed by atoms with E-state index in [2.05, 4.69) is 42.0 Å². The topological polar surface area (TPSA) is 48.9 Å². The fourth-order valence-corrected chi connectivity index (χ4v) is 2.38. The second-order valence-electron chi connectivity index (χ2n) is 5.20. The lowest BCUT2D eigenvalue weighted by atomic mass is 9.99. The van der Waals surface area contributed by atoms with Crippen molar-refractivity contribution in [2.24, 2.45) is 0 Å². The Hall–Kier alpha value is -1.61. The first-order chi connectivity index (χ1) is 9.16. The molecule has 0 fully saturated rings. The summed E-state index contributed by atoms with van der Waals surface area (Å²) in [6.07, 6.45) is 6.88. The standard InChI is InChI=1S/C16H22N2O/c1-12-7-8-14(13(2)9-12)5-3-4-6-16(19)15-10-17-11-18-15/h7-11,16,19H,3-6H2,1-2H3,(H,17,18). The van der Waals surface area contributed by atoms with Crippen LogP contribution >= 0.6 is 0 Å². The monoisotopic (exact) mass is 258 g/mol. The number of nitrogens with one attached hydrogen (secondary N) is 1. The molecule has 0 bridgehead atoms. The fraction of sp³-hybridized carbons (Fsp3) is 0.438. The van der Waals surface area contributed by atoms with E-state index in [9.17, 15) is 5.11 Å². The Morgan fingerprint density at radius 1 is 1.26 bits per heavy atom. The lowest BCUT2D eigenvalue weighted by Gasteiger charge is -2.09. The quantitative estimate of drug-likeness (QED) is 0.779. The summed E-state index contributed by atoms with van der Waals surface area (Å²) in [4.78, 5) is 6.87. The van der Waals surface area contributed by atoms with Crippen LogP contribution in [0.2, 0.25) is 0 Å². The molecule has 0 saturated heterocycles. The molecule has 0 aliphatic carbocycles. The summed E-state index contributed by atoms with van der Waals surface area (Å²) < 4.78 is 0. The van der Waals surface area contributed by atoms with Crippen LogP contribution in [0, 0.1) is 13.8 Å². The number of unbranched alkanes of at least 4 members (excludes halogenated alkanes) is 1. The zero-order valence-corrected chi connectivity index (χ0v) is 11.7. The maximum atomic E-state index is 9.93. The molecule has 102 valence electrons. The van der Waals surface area contributed by atoms with Crippen molar-refractivity contribution in [3.63, 3.8) is 0 Å². The number of rotatable bonds is 6. The summed E-state index contributed by atoms with van der Waals surface area (Å²) in [6, 6.07) is 6.62. The molecule has 2 aromatic rings. The summed E-state index contributed by atoms with van der Waals surface area (Å²) in [6.45, 7) is 4.29. The first-order valence-corrected chi connectivity index (χ1v) is 6.89. The van der Waals surface area contributed by atoms with Crippen LogP contribution in [0.4, 0.5) is 0 Å². The third kappa shape index (κ3) is 3.93. The highest BCUT2D eigenvalue weighted by atomic mass is 16.3. The molecule has 1 unspecified atom stereocenters. The van der Waals surface area contributed by atoms with Crippen LogP contribution in [-0.2, 0) is 6.42 Å². The van der Waals surface area contributed by atoms with Gasteiger partial charge in [-0.25, -0.2) is 4.98 Å². The van der Waals surface area contributed by atoms with Crippen molar-refractivity contribution in [1.82, 2.24) is 9.97 Å². The zero-order valence-electron chi connectivity index (χ0n) is 11.7. The van der Waals surface area contributed by atoms with Crippen LogP contribution in [0.25, 0.3) is 0 Å². The lowest BCUT2D eigenvalue weighted by Crippen LogP contribution is -1.98. The van der Waals surface area contributed by atoms with Crippen molar-refractivity contribution in [2.45, 2.75) is 45.6 Å². The Kier molecular flexibility index (Phi) is 4.74. The molecule has 3 heteroatoms. The molecule has 1 aromatic heterocycles. The first-order valence-electron chi connectivity index (χ1n) is 6.89. The van der Waals surface area contributed by atoms with Gasteiger partial charge in [-0.3, -0.25) is 0 Å². The molecular formula is C16H22N2O. The second-order valence-corrected chi connectivity index (χ2v) is 5.20. The number of aliphatic hydroxyl groups excluding tert-OH is 1. The number of nitrogens with zero attached hydrogens (tertiary/aromatic N) is 1. The predicted molar refractivity (Wildman–Crippen MR) is 77.0 cm³/mol. The van der Waals surface area contributed by atoms with E-state index in [1.807, 2.05) is 0 Å². The van der Waals surface area contributed by atoms with E-state index < -0.39 is 6.10 Å². The van der Waals surface area contributed by atoms with Gasteiger partial charge in [-0.2, -0.15) is 0 Å².